The number of benzene rings is 1. The summed E-state index contributed by atoms with van der Waals surface area (Å²) in [5, 5.41) is 0. The van der Waals surface area contributed by atoms with Crippen molar-refractivity contribution in [2.24, 2.45) is 11.8 Å². The third kappa shape index (κ3) is 6.29. The number of hydrazine groups is 1. The molecule has 3 heteroatoms. The molecule has 0 spiro atoms. The quantitative estimate of drug-likeness (QED) is 0.539. The third-order valence-electron chi connectivity index (χ3n) is 2.76. The Hall–Kier alpha value is -1.06. The highest BCUT2D eigenvalue weighted by Crippen LogP contribution is 2.11. The van der Waals surface area contributed by atoms with Crippen LogP contribution in [0.3, 0.4) is 0 Å². The van der Waals surface area contributed by atoms with Crippen LogP contribution in [0.15, 0.2) is 30.3 Å². The molecule has 1 aromatic carbocycles. The molecule has 1 unspecified atom stereocenters. The van der Waals surface area contributed by atoms with E-state index in [0.717, 1.165) is 18.1 Å². The normalized spacial score (nSPS) is 12.7. The second-order valence-electron chi connectivity index (χ2n) is 4.81. The Morgan fingerprint density at radius 1 is 1.18 bits per heavy atom. The van der Waals surface area contributed by atoms with Crippen molar-refractivity contribution in [3.8, 4) is 5.75 Å². The molecular formula is C14H24N2O. The average Bonchev–Trinajstić information content (AvgIpc) is 2.34. The summed E-state index contributed by atoms with van der Waals surface area (Å²) in [6, 6.07) is 10.1. The maximum absolute atomic E-state index is 5.67. The standard InChI is InChI=1S/C14H24N2O/c1-12(2)7-6-8-13(16-15)11-17-14-9-4-3-5-10-14/h3-5,9-10,12-13,16H,6-8,11,15H2,1-2H3. The highest BCUT2D eigenvalue weighted by Gasteiger charge is 2.07. The number of rotatable bonds is 8. The zero-order chi connectivity index (χ0) is 12.5. The largest absolute Gasteiger partial charge is 0.492 e. The van der Waals surface area contributed by atoms with E-state index < -0.39 is 0 Å². The summed E-state index contributed by atoms with van der Waals surface area (Å²) in [6.07, 6.45) is 3.48. The fourth-order valence-electron chi connectivity index (χ4n) is 1.70. The van der Waals surface area contributed by atoms with Gasteiger partial charge in [-0.2, -0.15) is 0 Å². The minimum Gasteiger partial charge on any atom is -0.492 e. The molecule has 0 saturated carbocycles. The van der Waals surface area contributed by atoms with Crippen LogP contribution in [-0.2, 0) is 0 Å². The lowest BCUT2D eigenvalue weighted by Crippen LogP contribution is -2.39. The number of para-hydroxylation sites is 1. The number of hydrogen-bond donors (Lipinski definition) is 2. The molecule has 0 aliphatic carbocycles. The first-order valence-electron chi connectivity index (χ1n) is 6.36. The number of hydrogen-bond acceptors (Lipinski definition) is 3. The summed E-state index contributed by atoms with van der Waals surface area (Å²) >= 11 is 0. The molecule has 1 rings (SSSR count). The van der Waals surface area contributed by atoms with Crippen LogP contribution in [0, 0.1) is 5.92 Å². The van der Waals surface area contributed by atoms with Gasteiger partial charge in [0.15, 0.2) is 0 Å². The van der Waals surface area contributed by atoms with Gasteiger partial charge in [0.1, 0.15) is 12.4 Å². The monoisotopic (exact) mass is 236 g/mol. The van der Waals surface area contributed by atoms with Crippen molar-refractivity contribution in [1.29, 1.82) is 0 Å². The van der Waals surface area contributed by atoms with Crippen LogP contribution in [0.5, 0.6) is 5.75 Å². The molecule has 17 heavy (non-hydrogen) atoms. The van der Waals surface area contributed by atoms with Crippen LogP contribution >= 0.6 is 0 Å². The summed E-state index contributed by atoms with van der Waals surface area (Å²) in [5.74, 6) is 7.18. The number of nitrogens with two attached hydrogens (primary N) is 1. The van der Waals surface area contributed by atoms with E-state index in [1.165, 1.54) is 12.8 Å². The Bertz CT molecular complexity index is 288. The Labute approximate surface area is 104 Å². The zero-order valence-corrected chi connectivity index (χ0v) is 10.9. The molecule has 1 aromatic rings. The Balaban J connectivity index is 2.23. The summed E-state index contributed by atoms with van der Waals surface area (Å²) < 4.78 is 5.67. The lowest BCUT2D eigenvalue weighted by atomic mass is 10.0. The summed E-state index contributed by atoms with van der Waals surface area (Å²) in [4.78, 5) is 0. The van der Waals surface area contributed by atoms with Crippen LogP contribution in [0.4, 0.5) is 0 Å². The van der Waals surface area contributed by atoms with Gasteiger partial charge >= 0.3 is 0 Å². The van der Waals surface area contributed by atoms with Gasteiger partial charge in [0.05, 0.1) is 6.04 Å². The molecule has 3 N–H and O–H groups in total. The molecule has 0 bridgehead atoms. The van der Waals surface area contributed by atoms with Crippen molar-refractivity contribution in [3.63, 3.8) is 0 Å². The minimum atomic E-state index is 0.231. The molecule has 0 aliphatic rings. The van der Waals surface area contributed by atoms with E-state index in [0.29, 0.717) is 6.61 Å². The van der Waals surface area contributed by atoms with Crippen molar-refractivity contribution < 1.29 is 4.74 Å². The number of nitrogens with one attached hydrogen (secondary N) is 1. The fourth-order valence-corrected chi connectivity index (χ4v) is 1.70. The topological polar surface area (TPSA) is 47.3 Å². The molecule has 0 amide bonds. The van der Waals surface area contributed by atoms with Crippen molar-refractivity contribution >= 4 is 0 Å². The maximum atomic E-state index is 5.67. The van der Waals surface area contributed by atoms with Crippen LogP contribution in [-0.4, -0.2) is 12.6 Å². The van der Waals surface area contributed by atoms with E-state index in [1.807, 2.05) is 30.3 Å². The van der Waals surface area contributed by atoms with Gasteiger partial charge in [0.2, 0.25) is 0 Å². The van der Waals surface area contributed by atoms with E-state index in [4.69, 9.17) is 10.6 Å². The number of ether oxygens (including phenoxy) is 1. The second kappa shape index (κ2) is 8.09. The summed E-state index contributed by atoms with van der Waals surface area (Å²) in [7, 11) is 0. The third-order valence-corrected chi connectivity index (χ3v) is 2.76. The molecule has 0 fully saturated rings. The van der Waals surface area contributed by atoms with Crippen molar-refractivity contribution in [1.82, 2.24) is 5.43 Å². The highest BCUT2D eigenvalue weighted by molar-refractivity contribution is 5.20. The van der Waals surface area contributed by atoms with E-state index in [2.05, 4.69) is 19.3 Å². The average molecular weight is 236 g/mol. The minimum absolute atomic E-state index is 0.231. The van der Waals surface area contributed by atoms with Crippen LogP contribution in [0.2, 0.25) is 0 Å². The van der Waals surface area contributed by atoms with Crippen molar-refractivity contribution in [3.05, 3.63) is 30.3 Å². The molecule has 0 saturated heterocycles. The van der Waals surface area contributed by atoms with Gasteiger partial charge in [-0.05, 0) is 24.5 Å². The molecule has 96 valence electrons. The summed E-state index contributed by atoms with van der Waals surface area (Å²) in [6.45, 7) is 5.11. The van der Waals surface area contributed by atoms with E-state index in [-0.39, 0.29) is 6.04 Å². The van der Waals surface area contributed by atoms with Crippen LogP contribution in [0.25, 0.3) is 0 Å². The fraction of sp³-hybridized carbons (Fsp3) is 0.571. The van der Waals surface area contributed by atoms with Gasteiger partial charge in [-0.1, -0.05) is 44.9 Å². The van der Waals surface area contributed by atoms with Crippen molar-refractivity contribution in [2.45, 2.75) is 39.2 Å². The summed E-state index contributed by atoms with van der Waals surface area (Å²) in [5.41, 5.74) is 2.82. The molecule has 0 aromatic heterocycles. The Kier molecular flexibility index (Phi) is 6.67. The predicted molar refractivity (Wildman–Crippen MR) is 71.7 cm³/mol. The molecule has 0 radical (unpaired) electrons. The SMILES string of the molecule is CC(C)CCCC(COc1ccccc1)NN. The Morgan fingerprint density at radius 2 is 1.88 bits per heavy atom. The van der Waals surface area contributed by atoms with E-state index >= 15 is 0 Å². The van der Waals surface area contributed by atoms with Gasteiger partial charge in [0.25, 0.3) is 0 Å². The van der Waals surface area contributed by atoms with E-state index in [9.17, 15) is 0 Å². The molecule has 3 nitrogen and oxygen atoms in total. The highest BCUT2D eigenvalue weighted by atomic mass is 16.5. The zero-order valence-electron chi connectivity index (χ0n) is 10.9. The first-order valence-corrected chi connectivity index (χ1v) is 6.36. The smallest absolute Gasteiger partial charge is 0.119 e. The van der Waals surface area contributed by atoms with E-state index in [1.54, 1.807) is 0 Å². The van der Waals surface area contributed by atoms with Crippen molar-refractivity contribution in [2.75, 3.05) is 6.61 Å². The van der Waals surface area contributed by atoms with Gasteiger partial charge < -0.3 is 4.74 Å². The molecule has 0 heterocycles. The van der Waals surface area contributed by atoms with Gasteiger partial charge in [-0.15, -0.1) is 0 Å². The van der Waals surface area contributed by atoms with Crippen LogP contribution < -0.4 is 16.0 Å². The van der Waals surface area contributed by atoms with Crippen LogP contribution in [0.1, 0.15) is 33.1 Å². The Morgan fingerprint density at radius 3 is 2.47 bits per heavy atom. The van der Waals surface area contributed by atoms with Gasteiger partial charge in [-0.25, -0.2) is 0 Å². The lowest BCUT2D eigenvalue weighted by molar-refractivity contribution is 0.253. The molecule has 1 atom stereocenters. The second-order valence-corrected chi connectivity index (χ2v) is 4.81. The van der Waals surface area contributed by atoms with Gasteiger partial charge in [0, 0.05) is 0 Å². The van der Waals surface area contributed by atoms with Gasteiger partial charge in [-0.3, -0.25) is 11.3 Å². The first-order chi connectivity index (χ1) is 8.22. The predicted octanol–water partition coefficient (Wildman–Crippen LogP) is 2.72. The molecular weight excluding hydrogens is 212 g/mol. The first kappa shape index (κ1) is 14.0. The molecule has 0 aliphatic heterocycles. The lowest BCUT2D eigenvalue weighted by Gasteiger charge is -2.17. The maximum Gasteiger partial charge on any atom is 0.119 e.